The van der Waals surface area contributed by atoms with Crippen molar-refractivity contribution >= 4 is 23.8 Å². The van der Waals surface area contributed by atoms with Crippen molar-refractivity contribution in [2.75, 3.05) is 5.75 Å². The molecule has 2 amide bonds. The van der Waals surface area contributed by atoms with Crippen LogP contribution in [0.25, 0.3) is 0 Å². The van der Waals surface area contributed by atoms with Gasteiger partial charge in [-0.25, -0.2) is 10.3 Å². The van der Waals surface area contributed by atoms with Gasteiger partial charge in [0.1, 0.15) is 24.1 Å². The Morgan fingerprint density at radius 1 is 0.857 bits per heavy atom. The normalized spacial score (nSPS) is 11.9. The third kappa shape index (κ3) is 9.72. The number of hydrogen-bond acceptors (Lipinski definition) is 6. The van der Waals surface area contributed by atoms with Crippen LogP contribution in [0.1, 0.15) is 26.3 Å². The minimum Gasteiger partial charge on any atom is -0.457 e. The molecule has 2 N–H and O–H groups in total. The second kappa shape index (κ2) is 12.8. The Balaban J connectivity index is 1.57. The van der Waals surface area contributed by atoms with Gasteiger partial charge in [-0.1, -0.05) is 48.5 Å². The Kier molecular flexibility index (Phi) is 9.57. The first-order chi connectivity index (χ1) is 16.8. The number of amides is 2. The van der Waals surface area contributed by atoms with Gasteiger partial charge in [-0.2, -0.15) is 0 Å². The third-order valence-corrected chi connectivity index (χ3v) is 5.60. The molecule has 0 aromatic heterocycles. The number of thioether (sulfide) groups is 1. The summed E-state index contributed by atoms with van der Waals surface area (Å²) in [5.41, 5.74) is 2.71. The van der Waals surface area contributed by atoms with Gasteiger partial charge in [0, 0.05) is 10.6 Å². The van der Waals surface area contributed by atoms with Crippen LogP contribution in [0.3, 0.4) is 0 Å². The molecule has 0 aliphatic heterocycles. The van der Waals surface area contributed by atoms with E-state index >= 15 is 0 Å². The Morgan fingerprint density at radius 2 is 1.46 bits per heavy atom. The summed E-state index contributed by atoms with van der Waals surface area (Å²) in [6.45, 7) is 5.56. The molecule has 0 unspecified atom stereocenters. The van der Waals surface area contributed by atoms with Crippen LogP contribution in [0.2, 0.25) is 0 Å². The summed E-state index contributed by atoms with van der Waals surface area (Å²) in [4.78, 5) is 31.4. The van der Waals surface area contributed by atoms with E-state index in [4.69, 9.17) is 14.3 Å². The van der Waals surface area contributed by atoms with Gasteiger partial charge >= 0.3 is 6.09 Å². The number of nitrogens with one attached hydrogen (secondary N) is 2. The SMILES string of the molecule is CC(C)(C)ONC(=O)[C@H](CSc1ccc(Oc2ccccc2)cc1)NC(=O)OCc1ccccc1. The van der Waals surface area contributed by atoms with Crippen LogP contribution >= 0.6 is 11.8 Å². The molecule has 0 radical (unpaired) electrons. The first kappa shape index (κ1) is 26.1. The van der Waals surface area contributed by atoms with E-state index in [1.54, 1.807) is 0 Å². The van der Waals surface area contributed by atoms with Crippen LogP contribution in [0, 0.1) is 0 Å². The van der Waals surface area contributed by atoms with E-state index in [0.29, 0.717) is 5.75 Å². The van der Waals surface area contributed by atoms with E-state index < -0.39 is 23.6 Å². The molecule has 3 aromatic carbocycles. The number of carbonyl (C=O) groups is 2. The number of carbonyl (C=O) groups excluding carboxylic acids is 2. The van der Waals surface area contributed by atoms with Crippen molar-refractivity contribution in [2.45, 2.75) is 43.9 Å². The highest BCUT2D eigenvalue weighted by Crippen LogP contribution is 2.25. The van der Waals surface area contributed by atoms with E-state index in [-0.39, 0.29) is 12.4 Å². The standard InChI is InChI=1S/C27H30N2O5S/c1-27(2,3)34-29-25(30)24(28-26(31)32-18-20-10-6-4-7-11-20)19-35-23-16-14-22(15-17-23)33-21-12-8-5-9-13-21/h4-17,24H,18-19H2,1-3H3,(H,28,31)(H,29,30)/t24-/m0/s1. The second-order valence-electron chi connectivity index (χ2n) is 8.64. The molecule has 0 saturated heterocycles. The zero-order valence-corrected chi connectivity index (χ0v) is 20.8. The molecule has 7 nitrogen and oxygen atoms in total. The van der Waals surface area contributed by atoms with Crippen molar-refractivity contribution in [1.82, 2.24) is 10.8 Å². The minimum absolute atomic E-state index is 0.107. The lowest BCUT2D eigenvalue weighted by atomic mass is 10.2. The predicted molar refractivity (Wildman–Crippen MR) is 136 cm³/mol. The molecular formula is C27H30N2O5S. The Morgan fingerprint density at radius 3 is 2.09 bits per heavy atom. The van der Waals surface area contributed by atoms with E-state index in [0.717, 1.165) is 16.2 Å². The maximum Gasteiger partial charge on any atom is 0.408 e. The fourth-order valence-corrected chi connectivity index (χ4v) is 3.69. The van der Waals surface area contributed by atoms with Gasteiger partial charge < -0.3 is 14.8 Å². The van der Waals surface area contributed by atoms with Crippen LogP contribution in [-0.4, -0.2) is 29.4 Å². The molecule has 35 heavy (non-hydrogen) atoms. The number of hydroxylamine groups is 1. The zero-order valence-electron chi connectivity index (χ0n) is 20.0. The molecule has 0 saturated carbocycles. The van der Waals surface area contributed by atoms with Crippen LogP contribution in [-0.2, 0) is 21.0 Å². The lowest BCUT2D eigenvalue weighted by Gasteiger charge is -2.22. The number of rotatable bonds is 10. The quantitative estimate of drug-likeness (QED) is 0.277. The van der Waals surface area contributed by atoms with Crippen molar-refractivity contribution in [1.29, 1.82) is 0 Å². The number of ether oxygens (including phenoxy) is 2. The maximum absolute atomic E-state index is 12.7. The van der Waals surface area contributed by atoms with Crippen LogP contribution in [0.5, 0.6) is 11.5 Å². The molecule has 0 spiro atoms. The van der Waals surface area contributed by atoms with Crippen molar-refractivity contribution in [3.8, 4) is 11.5 Å². The topological polar surface area (TPSA) is 85.9 Å². The van der Waals surface area contributed by atoms with Gasteiger partial charge in [0.05, 0.1) is 5.60 Å². The number of alkyl carbamates (subject to hydrolysis) is 1. The smallest absolute Gasteiger partial charge is 0.408 e. The molecule has 0 heterocycles. The van der Waals surface area contributed by atoms with E-state index in [2.05, 4.69) is 10.8 Å². The van der Waals surface area contributed by atoms with Gasteiger partial charge in [0.25, 0.3) is 5.91 Å². The molecule has 3 rings (SSSR count). The Bertz CT molecular complexity index is 1070. The Hall–Kier alpha value is -3.49. The summed E-state index contributed by atoms with van der Waals surface area (Å²) in [5.74, 6) is 1.27. The molecule has 0 fully saturated rings. The summed E-state index contributed by atoms with van der Waals surface area (Å²) in [5, 5.41) is 2.64. The zero-order chi connectivity index (χ0) is 25.1. The molecule has 8 heteroatoms. The van der Waals surface area contributed by atoms with Crippen molar-refractivity contribution in [3.05, 3.63) is 90.5 Å². The molecule has 3 aromatic rings. The van der Waals surface area contributed by atoms with Gasteiger partial charge in [-0.05, 0) is 62.7 Å². The van der Waals surface area contributed by atoms with Crippen molar-refractivity contribution in [2.24, 2.45) is 0 Å². The third-order valence-electron chi connectivity index (χ3n) is 4.50. The van der Waals surface area contributed by atoms with Crippen molar-refractivity contribution in [3.63, 3.8) is 0 Å². The van der Waals surface area contributed by atoms with Gasteiger partial charge in [0.2, 0.25) is 0 Å². The summed E-state index contributed by atoms with van der Waals surface area (Å²) in [6, 6.07) is 25.5. The highest BCUT2D eigenvalue weighted by atomic mass is 32.2. The Labute approximate surface area is 210 Å². The summed E-state index contributed by atoms with van der Waals surface area (Å²) >= 11 is 1.42. The second-order valence-corrected chi connectivity index (χ2v) is 9.73. The first-order valence-corrected chi connectivity index (χ1v) is 12.2. The number of benzene rings is 3. The van der Waals surface area contributed by atoms with Gasteiger partial charge in [-0.3, -0.25) is 9.63 Å². The van der Waals surface area contributed by atoms with E-state index in [9.17, 15) is 9.59 Å². The highest BCUT2D eigenvalue weighted by molar-refractivity contribution is 7.99. The van der Waals surface area contributed by atoms with Crippen LogP contribution < -0.4 is 15.5 Å². The largest absolute Gasteiger partial charge is 0.457 e. The molecular weight excluding hydrogens is 464 g/mol. The molecule has 184 valence electrons. The molecule has 1 atom stereocenters. The molecule has 0 aliphatic rings. The lowest BCUT2D eigenvalue weighted by Crippen LogP contribution is -2.49. The fourth-order valence-electron chi connectivity index (χ4n) is 2.77. The average molecular weight is 495 g/mol. The van der Waals surface area contributed by atoms with E-state index in [1.807, 2.05) is 106 Å². The van der Waals surface area contributed by atoms with Crippen LogP contribution in [0.4, 0.5) is 4.79 Å². The summed E-state index contributed by atoms with van der Waals surface area (Å²) in [7, 11) is 0. The lowest BCUT2D eigenvalue weighted by molar-refractivity contribution is -0.147. The maximum atomic E-state index is 12.7. The van der Waals surface area contributed by atoms with Crippen LogP contribution in [0.15, 0.2) is 89.8 Å². The van der Waals surface area contributed by atoms with Gasteiger partial charge in [-0.15, -0.1) is 11.8 Å². The van der Waals surface area contributed by atoms with Gasteiger partial charge in [0.15, 0.2) is 0 Å². The highest BCUT2D eigenvalue weighted by Gasteiger charge is 2.24. The molecule has 0 bridgehead atoms. The summed E-state index contributed by atoms with van der Waals surface area (Å²) in [6.07, 6.45) is -0.683. The monoisotopic (exact) mass is 494 g/mol. The minimum atomic E-state index is -0.870. The fraction of sp³-hybridized carbons (Fsp3) is 0.259. The molecule has 0 aliphatic carbocycles. The summed E-state index contributed by atoms with van der Waals surface area (Å²) < 4.78 is 11.1. The first-order valence-electron chi connectivity index (χ1n) is 11.2. The predicted octanol–water partition coefficient (Wildman–Crippen LogP) is 5.71. The number of para-hydroxylation sites is 1. The number of hydrogen-bond donors (Lipinski definition) is 2. The van der Waals surface area contributed by atoms with Crippen molar-refractivity contribution < 1.29 is 23.9 Å². The average Bonchev–Trinajstić information content (AvgIpc) is 2.85. The van der Waals surface area contributed by atoms with E-state index in [1.165, 1.54) is 11.8 Å².